The Morgan fingerprint density at radius 1 is 1.41 bits per heavy atom. The van der Waals surface area contributed by atoms with Gasteiger partial charge in [-0.15, -0.1) is 0 Å². The zero-order valence-electron chi connectivity index (χ0n) is 9.71. The number of hydrogen-bond donors (Lipinski definition) is 2. The Kier molecular flexibility index (Phi) is 4.57. The molecule has 1 unspecified atom stereocenters. The lowest BCUT2D eigenvalue weighted by Gasteiger charge is -2.16. The van der Waals surface area contributed by atoms with E-state index in [1.807, 2.05) is 24.3 Å². The molecule has 0 aliphatic carbocycles. The van der Waals surface area contributed by atoms with Crippen molar-refractivity contribution in [3.05, 3.63) is 34.3 Å². The summed E-state index contributed by atoms with van der Waals surface area (Å²) in [7, 11) is 0. The summed E-state index contributed by atoms with van der Waals surface area (Å²) >= 11 is 3.38. The minimum atomic E-state index is 0.0139. The number of halogens is 1. The van der Waals surface area contributed by atoms with Crippen molar-refractivity contribution >= 4 is 21.8 Å². The highest BCUT2D eigenvalue weighted by Crippen LogP contribution is 2.12. The highest BCUT2D eigenvalue weighted by atomic mass is 79.9. The van der Waals surface area contributed by atoms with Gasteiger partial charge in [0.2, 0.25) is 0 Å². The van der Waals surface area contributed by atoms with E-state index in [1.54, 1.807) is 0 Å². The van der Waals surface area contributed by atoms with Crippen LogP contribution in [0.3, 0.4) is 0 Å². The molecule has 2 rings (SSSR count). The van der Waals surface area contributed by atoms with Crippen molar-refractivity contribution in [1.82, 2.24) is 10.6 Å². The summed E-state index contributed by atoms with van der Waals surface area (Å²) in [5, 5.41) is 6.42. The van der Waals surface area contributed by atoms with Crippen molar-refractivity contribution < 1.29 is 4.79 Å². The lowest BCUT2D eigenvalue weighted by atomic mass is 10.1. The second-order valence-corrected chi connectivity index (χ2v) is 5.30. The molecule has 1 aliphatic heterocycles. The second-order valence-electron chi connectivity index (χ2n) is 4.38. The van der Waals surface area contributed by atoms with E-state index in [-0.39, 0.29) is 11.9 Å². The molecule has 1 atom stereocenters. The van der Waals surface area contributed by atoms with E-state index in [4.69, 9.17) is 0 Å². The van der Waals surface area contributed by atoms with Crippen LogP contribution in [-0.4, -0.2) is 25.0 Å². The Morgan fingerprint density at radius 2 is 2.29 bits per heavy atom. The molecule has 0 saturated carbocycles. The van der Waals surface area contributed by atoms with E-state index >= 15 is 0 Å². The predicted molar refractivity (Wildman–Crippen MR) is 72.1 cm³/mol. The fraction of sp³-hybridized carbons (Fsp3) is 0.462. The fourth-order valence-corrected chi connectivity index (χ4v) is 2.44. The zero-order chi connectivity index (χ0) is 12.1. The summed E-state index contributed by atoms with van der Waals surface area (Å²) in [6, 6.07) is 7.74. The van der Waals surface area contributed by atoms with Gasteiger partial charge < -0.3 is 10.6 Å². The first-order chi connectivity index (χ1) is 8.25. The van der Waals surface area contributed by atoms with Crippen LogP contribution in [0.15, 0.2) is 28.7 Å². The third-order valence-electron chi connectivity index (χ3n) is 2.97. The molecule has 0 bridgehead atoms. The molecule has 3 nitrogen and oxygen atoms in total. The van der Waals surface area contributed by atoms with E-state index in [0.717, 1.165) is 24.0 Å². The van der Waals surface area contributed by atoms with Gasteiger partial charge in [0.05, 0.1) is 0 Å². The monoisotopic (exact) mass is 296 g/mol. The first-order valence-corrected chi connectivity index (χ1v) is 6.82. The van der Waals surface area contributed by atoms with Crippen molar-refractivity contribution in [3.8, 4) is 0 Å². The molecule has 1 aromatic carbocycles. The highest BCUT2D eigenvalue weighted by Gasteiger charge is 2.15. The quantitative estimate of drug-likeness (QED) is 0.879. The van der Waals surface area contributed by atoms with Gasteiger partial charge in [-0.3, -0.25) is 4.79 Å². The number of carbonyl (C=O) groups excluding carboxylic acids is 1. The van der Waals surface area contributed by atoms with Crippen LogP contribution in [0.5, 0.6) is 0 Å². The molecule has 1 saturated heterocycles. The Bertz CT molecular complexity index is 387. The maximum absolute atomic E-state index is 12.0. The molecule has 17 heavy (non-hydrogen) atoms. The van der Waals surface area contributed by atoms with Crippen LogP contribution < -0.4 is 10.6 Å². The largest absolute Gasteiger partial charge is 0.348 e. The standard InChI is InChI=1S/C13H17BrN2O/c14-11-5-3-4-10(8-11)13(17)16-12-6-1-2-7-15-9-12/h3-5,8,12,15H,1-2,6-7,9H2,(H,16,17). The van der Waals surface area contributed by atoms with E-state index in [1.165, 1.54) is 12.8 Å². The molecule has 2 N–H and O–H groups in total. The SMILES string of the molecule is O=C(NC1CCCCNC1)c1cccc(Br)c1. The summed E-state index contributed by atoms with van der Waals surface area (Å²) in [5.74, 6) is 0.0139. The molecule has 1 fully saturated rings. The average Bonchev–Trinajstić information content (AvgIpc) is 2.57. The smallest absolute Gasteiger partial charge is 0.251 e. The van der Waals surface area contributed by atoms with Crippen LogP contribution >= 0.6 is 15.9 Å². The van der Waals surface area contributed by atoms with Gasteiger partial charge in [0, 0.05) is 22.6 Å². The third-order valence-corrected chi connectivity index (χ3v) is 3.46. The molecule has 1 heterocycles. The van der Waals surface area contributed by atoms with E-state index in [9.17, 15) is 4.79 Å². The first kappa shape index (κ1) is 12.6. The van der Waals surface area contributed by atoms with E-state index in [2.05, 4.69) is 26.6 Å². The number of benzene rings is 1. The van der Waals surface area contributed by atoms with Crippen molar-refractivity contribution in [2.45, 2.75) is 25.3 Å². The topological polar surface area (TPSA) is 41.1 Å². The fourth-order valence-electron chi connectivity index (χ4n) is 2.04. The average molecular weight is 297 g/mol. The Hall–Kier alpha value is -0.870. The molecule has 92 valence electrons. The summed E-state index contributed by atoms with van der Waals surface area (Å²) in [5.41, 5.74) is 0.712. The maximum atomic E-state index is 12.0. The Morgan fingerprint density at radius 3 is 3.12 bits per heavy atom. The van der Waals surface area contributed by atoms with Crippen LogP contribution in [0.1, 0.15) is 29.6 Å². The van der Waals surface area contributed by atoms with Crippen LogP contribution in [0, 0.1) is 0 Å². The molecule has 1 amide bonds. The summed E-state index contributed by atoms with van der Waals surface area (Å²) in [4.78, 5) is 12.0. The van der Waals surface area contributed by atoms with Gasteiger partial charge in [-0.05, 0) is 37.6 Å². The van der Waals surface area contributed by atoms with Crippen LogP contribution in [-0.2, 0) is 0 Å². The molecule has 0 aromatic heterocycles. The number of rotatable bonds is 2. The molecule has 1 aromatic rings. The molecule has 0 radical (unpaired) electrons. The molecular weight excluding hydrogens is 280 g/mol. The van der Waals surface area contributed by atoms with Gasteiger partial charge >= 0.3 is 0 Å². The minimum absolute atomic E-state index is 0.0139. The first-order valence-electron chi connectivity index (χ1n) is 6.03. The second kappa shape index (κ2) is 6.17. The normalized spacial score (nSPS) is 20.6. The van der Waals surface area contributed by atoms with Crippen molar-refractivity contribution in [2.75, 3.05) is 13.1 Å². The number of hydrogen-bond acceptors (Lipinski definition) is 2. The summed E-state index contributed by atoms with van der Waals surface area (Å²) in [6.07, 6.45) is 3.44. The lowest BCUT2D eigenvalue weighted by Crippen LogP contribution is -2.40. The van der Waals surface area contributed by atoms with E-state index < -0.39 is 0 Å². The number of nitrogens with one attached hydrogen (secondary N) is 2. The minimum Gasteiger partial charge on any atom is -0.348 e. The Labute approximate surface area is 110 Å². The van der Waals surface area contributed by atoms with Gasteiger partial charge in [-0.1, -0.05) is 28.4 Å². The van der Waals surface area contributed by atoms with Gasteiger partial charge in [0.25, 0.3) is 5.91 Å². The summed E-state index contributed by atoms with van der Waals surface area (Å²) < 4.78 is 0.934. The lowest BCUT2D eigenvalue weighted by molar-refractivity contribution is 0.0935. The maximum Gasteiger partial charge on any atom is 0.251 e. The molecule has 4 heteroatoms. The number of amides is 1. The molecule has 1 aliphatic rings. The Balaban J connectivity index is 1.96. The molecule has 0 spiro atoms. The zero-order valence-corrected chi connectivity index (χ0v) is 11.3. The van der Waals surface area contributed by atoms with Crippen LogP contribution in [0.4, 0.5) is 0 Å². The summed E-state index contributed by atoms with van der Waals surface area (Å²) in [6.45, 7) is 1.93. The van der Waals surface area contributed by atoms with Crippen LogP contribution in [0.25, 0.3) is 0 Å². The number of carbonyl (C=O) groups is 1. The predicted octanol–water partition coefficient (Wildman–Crippen LogP) is 2.32. The van der Waals surface area contributed by atoms with Crippen molar-refractivity contribution in [2.24, 2.45) is 0 Å². The van der Waals surface area contributed by atoms with Gasteiger partial charge in [-0.25, -0.2) is 0 Å². The van der Waals surface area contributed by atoms with Crippen LogP contribution in [0.2, 0.25) is 0 Å². The van der Waals surface area contributed by atoms with Crippen molar-refractivity contribution in [1.29, 1.82) is 0 Å². The highest BCUT2D eigenvalue weighted by molar-refractivity contribution is 9.10. The van der Waals surface area contributed by atoms with Gasteiger partial charge in [0.15, 0.2) is 0 Å². The molecular formula is C13H17BrN2O. The van der Waals surface area contributed by atoms with Gasteiger partial charge in [0.1, 0.15) is 0 Å². The van der Waals surface area contributed by atoms with E-state index in [0.29, 0.717) is 5.56 Å². The third kappa shape index (κ3) is 3.82. The van der Waals surface area contributed by atoms with Gasteiger partial charge in [-0.2, -0.15) is 0 Å². The van der Waals surface area contributed by atoms with Crippen molar-refractivity contribution in [3.63, 3.8) is 0 Å².